The first-order valence-electron chi connectivity index (χ1n) is 4.14. The fourth-order valence-electron chi connectivity index (χ4n) is 1.31. The first kappa shape index (κ1) is 11.4. The minimum Gasteiger partial charge on any atom is -0.508 e. The molecule has 0 saturated heterocycles. The van der Waals surface area contributed by atoms with Crippen LogP contribution >= 0.6 is 0 Å². The van der Waals surface area contributed by atoms with Crippen molar-refractivity contribution in [3.63, 3.8) is 0 Å². The molecule has 15 heavy (non-hydrogen) atoms. The first-order valence-corrected chi connectivity index (χ1v) is 4.14. The molecule has 0 aliphatic carbocycles. The van der Waals surface area contributed by atoms with E-state index in [1.54, 1.807) is 0 Å². The number of aliphatic hydroxyl groups excluding tert-OH is 1. The van der Waals surface area contributed by atoms with Crippen molar-refractivity contribution in [3.8, 4) is 0 Å². The molecule has 0 unspecified atom stereocenters. The minimum absolute atomic E-state index is 0.192. The lowest BCUT2D eigenvalue weighted by atomic mass is 10.0. The Kier molecular flexibility index (Phi) is 2.93. The summed E-state index contributed by atoms with van der Waals surface area (Å²) in [6, 6.07) is 3.60. The van der Waals surface area contributed by atoms with Crippen LogP contribution in [0.2, 0.25) is 0 Å². The first-order chi connectivity index (χ1) is 6.88. The van der Waals surface area contributed by atoms with E-state index in [2.05, 4.69) is 11.9 Å². The molecule has 0 atom stereocenters. The van der Waals surface area contributed by atoms with E-state index in [9.17, 15) is 13.2 Å². The molecule has 82 valence electrons. The molecule has 1 aromatic carbocycles. The monoisotopic (exact) mass is 217 g/mol. The second-order valence-corrected chi connectivity index (χ2v) is 2.92. The number of halogens is 3. The second-order valence-electron chi connectivity index (χ2n) is 2.92. The van der Waals surface area contributed by atoms with Crippen molar-refractivity contribution in [2.45, 2.75) is 6.18 Å². The third kappa shape index (κ3) is 2.23. The molecular weight excluding hydrogens is 207 g/mol. The van der Waals surface area contributed by atoms with Gasteiger partial charge in [0.1, 0.15) is 5.76 Å². The maximum absolute atomic E-state index is 12.5. The number of benzene rings is 1. The zero-order chi connectivity index (χ0) is 11.6. The van der Waals surface area contributed by atoms with Gasteiger partial charge >= 0.3 is 6.18 Å². The van der Waals surface area contributed by atoms with Gasteiger partial charge in [-0.3, -0.25) is 0 Å². The number of aliphatic hydroxyl groups is 1. The third-order valence-corrected chi connectivity index (χ3v) is 1.93. The highest BCUT2D eigenvalue weighted by atomic mass is 19.4. The summed E-state index contributed by atoms with van der Waals surface area (Å²) < 4.78 is 37.6. The predicted octanol–water partition coefficient (Wildman–Crippen LogP) is 3.28. The molecule has 0 saturated carbocycles. The standard InChI is InChI=1S/C10H10F3NO/c1-6(15)9-7(10(11,12)13)4-3-5-8(9)14-2/h3-5,14-15H,1H2,2H3. The molecular formula is C10H10F3NO. The Labute approximate surface area is 85.0 Å². The summed E-state index contributed by atoms with van der Waals surface area (Å²) in [6.07, 6.45) is -4.51. The minimum atomic E-state index is -4.51. The number of nitrogens with one attached hydrogen (secondary N) is 1. The number of hydrogen-bond acceptors (Lipinski definition) is 2. The summed E-state index contributed by atoms with van der Waals surface area (Å²) in [5.74, 6) is -0.604. The molecule has 0 fully saturated rings. The van der Waals surface area contributed by atoms with Gasteiger partial charge in [0.25, 0.3) is 0 Å². The summed E-state index contributed by atoms with van der Waals surface area (Å²) in [5, 5.41) is 11.7. The van der Waals surface area contributed by atoms with Crippen LogP contribution < -0.4 is 5.32 Å². The van der Waals surface area contributed by atoms with Crippen LogP contribution in [-0.4, -0.2) is 12.2 Å². The molecule has 2 N–H and O–H groups in total. The SMILES string of the molecule is C=C(O)c1c(NC)cccc1C(F)(F)F. The van der Waals surface area contributed by atoms with E-state index in [1.807, 2.05) is 0 Å². The van der Waals surface area contributed by atoms with Crippen molar-refractivity contribution in [1.29, 1.82) is 0 Å². The van der Waals surface area contributed by atoms with E-state index >= 15 is 0 Å². The van der Waals surface area contributed by atoms with Crippen molar-refractivity contribution >= 4 is 11.4 Å². The van der Waals surface area contributed by atoms with E-state index in [-0.39, 0.29) is 11.3 Å². The normalized spacial score (nSPS) is 11.2. The van der Waals surface area contributed by atoms with Crippen molar-refractivity contribution in [2.24, 2.45) is 0 Å². The Morgan fingerprint density at radius 2 is 2.00 bits per heavy atom. The lowest BCUT2D eigenvalue weighted by Crippen LogP contribution is -2.10. The number of alkyl halides is 3. The lowest BCUT2D eigenvalue weighted by molar-refractivity contribution is -0.137. The fourth-order valence-corrected chi connectivity index (χ4v) is 1.31. The van der Waals surface area contributed by atoms with Crippen molar-refractivity contribution in [3.05, 3.63) is 35.9 Å². The lowest BCUT2D eigenvalue weighted by Gasteiger charge is -2.15. The molecule has 0 aliphatic heterocycles. The van der Waals surface area contributed by atoms with Crippen molar-refractivity contribution in [1.82, 2.24) is 0 Å². The van der Waals surface area contributed by atoms with Gasteiger partial charge in [0.2, 0.25) is 0 Å². The Morgan fingerprint density at radius 3 is 2.40 bits per heavy atom. The zero-order valence-corrected chi connectivity index (χ0v) is 8.02. The highest BCUT2D eigenvalue weighted by Gasteiger charge is 2.34. The van der Waals surface area contributed by atoms with Gasteiger partial charge in [0.05, 0.1) is 11.1 Å². The molecule has 0 heterocycles. The third-order valence-electron chi connectivity index (χ3n) is 1.93. The molecule has 0 spiro atoms. The average Bonchev–Trinajstić information content (AvgIpc) is 2.15. The van der Waals surface area contributed by atoms with Crippen LogP contribution in [-0.2, 0) is 6.18 Å². The van der Waals surface area contributed by atoms with Crippen molar-refractivity contribution in [2.75, 3.05) is 12.4 Å². The second kappa shape index (κ2) is 3.84. The van der Waals surface area contributed by atoms with Gasteiger partial charge in [0, 0.05) is 12.7 Å². The van der Waals surface area contributed by atoms with Crippen LogP contribution in [0.25, 0.3) is 5.76 Å². The zero-order valence-electron chi connectivity index (χ0n) is 8.02. The highest BCUT2D eigenvalue weighted by Crippen LogP contribution is 2.37. The molecule has 0 amide bonds. The van der Waals surface area contributed by atoms with E-state index in [0.717, 1.165) is 6.07 Å². The molecule has 1 aromatic rings. The maximum Gasteiger partial charge on any atom is 0.417 e. The molecule has 0 aromatic heterocycles. The van der Waals surface area contributed by atoms with Crippen LogP contribution in [0.15, 0.2) is 24.8 Å². The quantitative estimate of drug-likeness (QED) is 0.745. The van der Waals surface area contributed by atoms with Crippen LogP contribution in [0.4, 0.5) is 18.9 Å². The van der Waals surface area contributed by atoms with E-state index in [4.69, 9.17) is 5.11 Å². The highest BCUT2D eigenvalue weighted by molar-refractivity contribution is 5.73. The Bertz CT molecular complexity index is 385. The molecule has 0 aliphatic rings. The van der Waals surface area contributed by atoms with Crippen LogP contribution in [0.1, 0.15) is 11.1 Å². The number of anilines is 1. The van der Waals surface area contributed by atoms with Crippen LogP contribution in [0.3, 0.4) is 0 Å². The molecule has 1 rings (SSSR count). The molecule has 5 heteroatoms. The van der Waals surface area contributed by atoms with Crippen molar-refractivity contribution < 1.29 is 18.3 Å². The topological polar surface area (TPSA) is 32.3 Å². The van der Waals surface area contributed by atoms with Gasteiger partial charge in [-0.2, -0.15) is 13.2 Å². The predicted molar refractivity (Wildman–Crippen MR) is 52.7 cm³/mol. The molecule has 2 nitrogen and oxygen atoms in total. The van der Waals surface area contributed by atoms with Gasteiger partial charge in [-0.25, -0.2) is 0 Å². The van der Waals surface area contributed by atoms with Gasteiger partial charge in [-0.15, -0.1) is 0 Å². The Balaban J connectivity index is 3.46. The fraction of sp³-hybridized carbons (Fsp3) is 0.200. The van der Waals surface area contributed by atoms with Gasteiger partial charge in [0.15, 0.2) is 0 Å². The van der Waals surface area contributed by atoms with E-state index < -0.39 is 17.5 Å². The molecule has 0 radical (unpaired) electrons. The van der Waals surface area contributed by atoms with Gasteiger partial charge in [-0.1, -0.05) is 12.6 Å². The number of rotatable bonds is 2. The summed E-state index contributed by atoms with van der Waals surface area (Å²) >= 11 is 0. The van der Waals surface area contributed by atoms with Gasteiger partial charge in [-0.05, 0) is 12.1 Å². The van der Waals surface area contributed by atoms with Crippen LogP contribution in [0.5, 0.6) is 0 Å². The summed E-state index contributed by atoms with van der Waals surface area (Å²) in [7, 11) is 1.47. The average molecular weight is 217 g/mol. The molecule has 0 bridgehead atoms. The van der Waals surface area contributed by atoms with Crippen LogP contribution in [0, 0.1) is 0 Å². The summed E-state index contributed by atoms with van der Waals surface area (Å²) in [4.78, 5) is 0. The maximum atomic E-state index is 12.5. The van der Waals surface area contributed by atoms with E-state index in [0.29, 0.717) is 0 Å². The van der Waals surface area contributed by atoms with E-state index in [1.165, 1.54) is 19.2 Å². The largest absolute Gasteiger partial charge is 0.508 e. The number of hydrogen-bond donors (Lipinski definition) is 2. The smallest absolute Gasteiger partial charge is 0.417 e. The van der Waals surface area contributed by atoms with Gasteiger partial charge < -0.3 is 10.4 Å². The Morgan fingerprint density at radius 1 is 1.40 bits per heavy atom. The summed E-state index contributed by atoms with van der Waals surface area (Å²) in [6.45, 7) is 3.12. The summed E-state index contributed by atoms with van der Waals surface area (Å²) in [5.41, 5.74) is -1.02. The Hall–Kier alpha value is -1.65.